The lowest BCUT2D eigenvalue weighted by Gasteiger charge is -2.03. The Morgan fingerprint density at radius 1 is 1.43 bits per heavy atom. The van der Waals surface area contributed by atoms with E-state index in [1.807, 2.05) is 6.92 Å². The molecule has 0 amide bonds. The van der Waals surface area contributed by atoms with E-state index in [9.17, 15) is 9.18 Å². The average molecular weight is 195 g/mol. The Balaban J connectivity index is 2.96. The predicted octanol–water partition coefficient (Wildman–Crippen LogP) is 1.79. The highest BCUT2D eigenvalue weighted by atomic mass is 19.1. The van der Waals surface area contributed by atoms with Crippen LogP contribution < -0.4 is 5.32 Å². The summed E-state index contributed by atoms with van der Waals surface area (Å²) in [6, 6.07) is 4.47. The summed E-state index contributed by atoms with van der Waals surface area (Å²) in [6.07, 6.45) is 0.734. The van der Waals surface area contributed by atoms with E-state index in [-0.39, 0.29) is 18.1 Å². The summed E-state index contributed by atoms with van der Waals surface area (Å²) in [7, 11) is 1.69. The minimum atomic E-state index is -0.344. The number of carbonyl (C=O) groups excluding carboxylic acids is 1. The van der Waals surface area contributed by atoms with Crippen LogP contribution in [0.5, 0.6) is 0 Å². The molecule has 0 spiro atoms. The van der Waals surface area contributed by atoms with Gasteiger partial charge in [-0.25, -0.2) is 4.39 Å². The summed E-state index contributed by atoms with van der Waals surface area (Å²) >= 11 is 0. The summed E-state index contributed by atoms with van der Waals surface area (Å²) in [5, 5.41) is 2.75. The Hall–Kier alpha value is -1.22. The van der Waals surface area contributed by atoms with Crippen molar-refractivity contribution < 1.29 is 9.18 Å². The number of aryl methyl sites for hydroxylation is 1. The molecule has 1 N–H and O–H groups in total. The molecule has 0 aliphatic heterocycles. The maximum atomic E-state index is 13.0. The minimum absolute atomic E-state index is 0.0818. The molecule has 1 rings (SSSR count). The Morgan fingerprint density at radius 2 is 2.14 bits per heavy atom. The molecule has 0 aliphatic rings. The van der Waals surface area contributed by atoms with Crippen LogP contribution in [-0.4, -0.2) is 19.4 Å². The molecule has 0 aromatic heterocycles. The lowest BCUT2D eigenvalue weighted by molar-refractivity contribution is 0.0993. The minimum Gasteiger partial charge on any atom is -0.313 e. The Kier molecular flexibility index (Phi) is 3.77. The molecule has 3 heteroatoms. The smallest absolute Gasteiger partial charge is 0.176 e. The summed E-state index contributed by atoms with van der Waals surface area (Å²) in [6.45, 7) is 2.17. The highest BCUT2D eigenvalue weighted by Crippen LogP contribution is 2.10. The molecule has 0 saturated heterocycles. The molecule has 14 heavy (non-hydrogen) atoms. The molecule has 76 valence electrons. The molecule has 0 bridgehead atoms. The molecule has 0 unspecified atom stereocenters. The predicted molar refractivity (Wildman–Crippen MR) is 54.0 cm³/mol. The molecule has 1 aromatic carbocycles. The molecule has 0 aliphatic carbocycles. The third-order valence-electron chi connectivity index (χ3n) is 2.03. The van der Waals surface area contributed by atoms with Crippen LogP contribution in [0.25, 0.3) is 0 Å². The molecule has 1 aromatic rings. The number of Topliss-reactive ketones (excluding diaryl/α,β-unsaturated/α-hetero) is 1. The number of carbonyl (C=O) groups is 1. The second kappa shape index (κ2) is 4.86. The second-order valence-corrected chi connectivity index (χ2v) is 3.16. The standard InChI is InChI=1S/C11H14FNO/c1-3-8-4-9(6-10(12)5-8)11(14)7-13-2/h4-6,13H,3,7H2,1-2H3. The Morgan fingerprint density at radius 3 is 2.71 bits per heavy atom. The van der Waals surface area contributed by atoms with Gasteiger partial charge in [-0.15, -0.1) is 0 Å². The van der Waals surface area contributed by atoms with Crippen molar-refractivity contribution in [2.24, 2.45) is 0 Å². The van der Waals surface area contributed by atoms with Gasteiger partial charge in [0.1, 0.15) is 5.82 Å². The van der Waals surface area contributed by atoms with E-state index >= 15 is 0 Å². The number of hydrogen-bond acceptors (Lipinski definition) is 2. The van der Waals surface area contributed by atoms with Gasteiger partial charge in [0.25, 0.3) is 0 Å². The van der Waals surface area contributed by atoms with Gasteiger partial charge in [-0.05, 0) is 37.2 Å². The molecular formula is C11H14FNO. The van der Waals surface area contributed by atoms with Gasteiger partial charge in [-0.1, -0.05) is 6.92 Å². The van der Waals surface area contributed by atoms with Crippen molar-refractivity contribution in [3.05, 3.63) is 35.1 Å². The Labute approximate surface area is 83.1 Å². The third kappa shape index (κ3) is 2.64. The van der Waals surface area contributed by atoms with E-state index in [2.05, 4.69) is 5.32 Å². The zero-order valence-corrected chi connectivity index (χ0v) is 8.43. The van der Waals surface area contributed by atoms with E-state index in [0.29, 0.717) is 5.56 Å². The fourth-order valence-corrected chi connectivity index (χ4v) is 1.28. The quantitative estimate of drug-likeness (QED) is 0.742. The summed E-state index contributed by atoms with van der Waals surface area (Å²) in [4.78, 5) is 11.4. The normalized spacial score (nSPS) is 10.2. The van der Waals surface area contributed by atoms with E-state index < -0.39 is 0 Å². The fraction of sp³-hybridized carbons (Fsp3) is 0.364. The van der Waals surface area contributed by atoms with Gasteiger partial charge in [0.2, 0.25) is 0 Å². The zero-order chi connectivity index (χ0) is 10.6. The number of likely N-dealkylation sites (N-methyl/N-ethyl adjacent to an activating group) is 1. The first kappa shape index (κ1) is 10.9. The van der Waals surface area contributed by atoms with E-state index in [1.165, 1.54) is 12.1 Å². The first-order chi connectivity index (χ1) is 6.67. The highest BCUT2D eigenvalue weighted by molar-refractivity contribution is 5.97. The number of benzene rings is 1. The number of rotatable bonds is 4. The van der Waals surface area contributed by atoms with Gasteiger partial charge in [-0.3, -0.25) is 4.79 Å². The lowest BCUT2D eigenvalue weighted by Crippen LogP contribution is -2.18. The fourth-order valence-electron chi connectivity index (χ4n) is 1.28. The van der Waals surface area contributed by atoms with E-state index in [4.69, 9.17) is 0 Å². The first-order valence-electron chi connectivity index (χ1n) is 4.64. The van der Waals surface area contributed by atoms with Gasteiger partial charge in [-0.2, -0.15) is 0 Å². The van der Waals surface area contributed by atoms with Crippen LogP contribution in [0.2, 0.25) is 0 Å². The van der Waals surface area contributed by atoms with Crippen LogP contribution in [0.3, 0.4) is 0 Å². The van der Waals surface area contributed by atoms with Crippen LogP contribution in [0.1, 0.15) is 22.8 Å². The van der Waals surface area contributed by atoms with Crippen molar-refractivity contribution in [2.75, 3.05) is 13.6 Å². The molecule has 0 radical (unpaired) electrons. The number of halogens is 1. The van der Waals surface area contributed by atoms with Crippen molar-refractivity contribution >= 4 is 5.78 Å². The van der Waals surface area contributed by atoms with Crippen molar-refractivity contribution in [1.82, 2.24) is 5.32 Å². The summed E-state index contributed by atoms with van der Waals surface area (Å²) < 4.78 is 13.0. The zero-order valence-electron chi connectivity index (χ0n) is 8.43. The maximum absolute atomic E-state index is 13.0. The summed E-state index contributed by atoms with van der Waals surface area (Å²) in [5.74, 6) is -0.425. The van der Waals surface area contributed by atoms with Gasteiger partial charge in [0, 0.05) is 5.56 Å². The van der Waals surface area contributed by atoms with E-state index in [0.717, 1.165) is 12.0 Å². The van der Waals surface area contributed by atoms with Crippen molar-refractivity contribution in [3.8, 4) is 0 Å². The largest absolute Gasteiger partial charge is 0.313 e. The van der Waals surface area contributed by atoms with Crippen LogP contribution in [0.4, 0.5) is 4.39 Å². The molecular weight excluding hydrogens is 181 g/mol. The first-order valence-corrected chi connectivity index (χ1v) is 4.64. The van der Waals surface area contributed by atoms with Crippen LogP contribution in [0, 0.1) is 5.82 Å². The SMILES string of the molecule is CCc1cc(F)cc(C(=O)CNC)c1. The molecule has 0 heterocycles. The van der Waals surface area contributed by atoms with Crippen molar-refractivity contribution in [3.63, 3.8) is 0 Å². The van der Waals surface area contributed by atoms with Crippen LogP contribution >= 0.6 is 0 Å². The van der Waals surface area contributed by atoms with Crippen molar-refractivity contribution in [2.45, 2.75) is 13.3 Å². The molecule has 2 nitrogen and oxygen atoms in total. The molecule has 0 atom stereocenters. The molecule has 0 saturated carbocycles. The number of hydrogen-bond donors (Lipinski definition) is 1. The van der Waals surface area contributed by atoms with Crippen molar-refractivity contribution in [1.29, 1.82) is 0 Å². The van der Waals surface area contributed by atoms with Crippen LogP contribution in [-0.2, 0) is 6.42 Å². The highest BCUT2D eigenvalue weighted by Gasteiger charge is 2.07. The number of ketones is 1. The molecule has 0 fully saturated rings. The second-order valence-electron chi connectivity index (χ2n) is 3.16. The van der Waals surface area contributed by atoms with Gasteiger partial charge >= 0.3 is 0 Å². The lowest BCUT2D eigenvalue weighted by atomic mass is 10.1. The van der Waals surface area contributed by atoms with Gasteiger partial charge in [0.15, 0.2) is 5.78 Å². The van der Waals surface area contributed by atoms with E-state index in [1.54, 1.807) is 13.1 Å². The van der Waals surface area contributed by atoms with Gasteiger partial charge < -0.3 is 5.32 Å². The topological polar surface area (TPSA) is 29.1 Å². The number of nitrogens with one attached hydrogen (secondary N) is 1. The maximum Gasteiger partial charge on any atom is 0.176 e. The average Bonchev–Trinajstić information content (AvgIpc) is 2.17. The monoisotopic (exact) mass is 195 g/mol. The third-order valence-corrected chi connectivity index (χ3v) is 2.03. The summed E-state index contributed by atoms with van der Waals surface area (Å²) in [5.41, 5.74) is 1.29. The Bertz CT molecular complexity index is 336. The van der Waals surface area contributed by atoms with Gasteiger partial charge in [0.05, 0.1) is 6.54 Å². The van der Waals surface area contributed by atoms with Crippen LogP contribution in [0.15, 0.2) is 18.2 Å².